The minimum atomic E-state index is -0.218. The van der Waals surface area contributed by atoms with Crippen molar-refractivity contribution < 1.29 is 18.7 Å². The minimum Gasteiger partial charge on any atom is -0.489 e. The van der Waals surface area contributed by atoms with E-state index in [1.165, 1.54) is 6.08 Å². The number of carbonyl (C=O) groups is 1. The van der Waals surface area contributed by atoms with Crippen molar-refractivity contribution in [2.75, 3.05) is 13.2 Å². The highest BCUT2D eigenvalue weighted by atomic mass is 35.5. The molecule has 2 aromatic rings. The van der Waals surface area contributed by atoms with Crippen LogP contribution < -0.4 is 14.8 Å². The zero-order valence-electron chi connectivity index (χ0n) is 12.4. The predicted molar refractivity (Wildman–Crippen MR) is 86.6 cm³/mol. The molecule has 0 atom stereocenters. The number of benzene rings is 1. The average Bonchev–Trinajstić information content (AvgIpc) is 2.95. The van der Waals surface area contributed by atoms with Crippen LogP contribution in [0.3, 0.4) is 0 Å². The summed E-state index contributed by atoms with van der Waals surface area (Å²) in [6, 6.07) is 7.12. The number of ether oxygens (including phenoxy) is 2. The molecule has 0 spiro atoms. The largest absolute Gasteiger partial charge is 0.489 e. The van der Waals surface area contributed by atoms with E-state index in [1.54, 1.807) is 30.5 Å². The van der Waals surface area contributed by atoms with Gasteiger partial charge < -0.3 is 19.2 Å². The zero-order valence-corrected chi connectivity index (χ0v) is 13.1. The summed E-state index contributed by atoms with van der Waals surface area (Å²) in [6.07, 6.45) is 5.50. The molecule has 0 fully saturated rings. The second-order valence-electron chi connectivity index (χ2n) is 5.01. The molecule has 1 N–H and O–H groups in total. The quantitative estimate of drug-likeness (QED) is 0.871. The molecule has 3 rings (SSSR count). The van der Waals surface area contributed by atoms with Gasteiger partial charge in [-0.05, 0) is 35.9 Å². The number of rotatable bonds is 4. The van der Waals surface area contributed by atoms with Crippen molar-refractivity contribution in [3.8, 4) is 11.5 Å². The first kappa shape index (κ1) is 15.5. The Hall–Kier alpha value is -2.40. The van der Waals surface area contributed by atoms with Gasteiger partial charge in [0.2, 0.25) is 5.91 Å². The number of halogens is 1. The SMILES string of the molecule is O=C(/C=C/c1cc(Cl)c2c(c1)OCCCO2)NCc1ccco1. The van der Waals surface area contributed by atoms with Gasteiger partial charge in [0.25, 0.3) is 0 Å². The number of nitrogens with one attached hydrogen (secondary N) is 1. The van der Waals surface area contributed by atoms with Crippen molar-refractivity contribution >= 4 is 23.6 Å². The van der Waals surface area contributed by atoms with E-state index in [-0.39, 0.29) is 5.91 Å². The second-order valence-corrected chi connectivity index (χ2v) is 5.42. The summed E-state index contributed by atoms with van der Waals surface area (Å²) < 4.78 is 16.3. The maximum atomic E-state index is 11.8. The van der Waals surface area contributed by atoms with Crippen molar-refractivity contribution in [1.82, 2.24) is 5.32 Å². The molecule has 5 nitrogen and oxygen atoms in total. The molecule has 1 aliphatic heterocycles. The van der Waals surface area contributed by atoms with Gasteiger partial charge in [-0.2, -0.15) is 0 Å². The van der Waals surface area contributed by atoms with Gasteiger partial charge in [0.1, 0.15) is 5.76 Å². The minimum absolute atomic E-state index is 0.218. The van der Waals surface area contributed by atoms with Crippen LogP contribution >= 0.6 is 11.6 Å². The fourth-order valence-corrected chi connectivity index (χ4v) is 2.44. The Labute approximate surface area is 138 Å². The second kappa shape index (κ2) is 7.24. The highest BCUT2D eigenvalue weighted by molar-refractivity contribution is 6.32. The van der Waals surface area contributed by atoms with Gasteiger partial charge in [-0.1, -0.05) is 11.6 Å². The first-order chi connectivity index (χ1) is 11.2. The Bertz CT molecular complexity index is 710. The first-order valence-electron chi connectivity index (χ1n) is 7.30. The van der Waals surface area contributed by atoms with Crippen LogP contribution in [0, 0.1) is 0 Å². The first-order valence-corrected chi connectivity index (χ1v) is 7.67. The Morgan fingerprint density at radius 1 is 1.30 bits per heavy atom. The molecule has 6 heteroatoms. The smallest absolute Gasteiger partial charge is 0.244 e. The van der Waals surface area contributed by atoms with E-state index < -0.39 is 0 Å². The monoisotopic (exact) mass is 333 g/mol. The summed E-state index contributed by atoms with van der Waals surface area (Å²) >= 11 is 6.21. The predicted octanol–water partition coefficient (Wildman–Crippen LogP) is 3.42. The number of amides is 1. The summed E-state index contributed by atoms with van der Waals surface area (Å²) in [5.41, 5.74) is 0.771. The molecule has 1 aromatic carbocycles. The highest BCUT2D eigenvalue weighted by Crippen LogP contribution is 2.38. The van der Waals surface area contributed by atoms with Gasteiger partial charge in [-0.15, -0.1) is 0 Å². The summed E-state index contributed by atoms with van der Waals surface area (Å²) in [4.78, 5) is 11.8. The van der Waals surface area contributed by atoms with Crippen molar-refractivity contribution in [2.24, 2.45) is 0 Å². The summed E-state index contributed by atoms with van der Waals surface area (Å²) in [6.45, 7) is 1.51. The number of fused-ring (bicyclic) bond motifs is 1. The molecule has 2 heterocycles. The molecular formula is C17H16ClNO4. The van der Waals surface area contributed by atoms with Crippen molar-refractivity contribution in [2.45, 2.75) is 13.0 Å². The number of carbonyl (C=O) groups excluding carboxylic acids is 1. The standard InChI is InChI=1S/C17H16ClNO4/c18-14-9-12(10-15-17(14)23-8-2-7-22-15)4-5-16(20)19-11-13-3-1-6-21-13/h1,3-6,9-10H,2,7-8,11H2,(H,19,20)/b5-4+. The molecule has 0 saturated heterocycles. The zero-order chi connectivity index (χ0) is 16.1. The third kappa shape index (κ3) is 4.07. The van der Waals surface area contributed by atoms with Crippen LogP contribution in [0.25, 0.3) is 6.08 Å². The Morgan fingerprint density at radius 2 is 2.17 bits per heavy atom. The molecule has 1 aromatic heterocycles. The molecule has 0 aliphatic carbocycles. The number of hydrogen-bond donors (Lipinski definition) is 1. The van der Waals surface area contributed by atoms with E-state index in [0.717, 1.165) is 12.0 Å². The lowest BCUT2D eigenvalue weighted by Crippen LogP contribution is -2.19. The Morgan fingerprint density at radius 3 is 3.00 bits per heavy atom. The molecule has 0 bridgehead atoms. The normalized spacial score (nSPS) is 13.8. The number of furan rings is 1. The lowest BCUT2D eigenvalue weighted by Gasteiger charge is -2.09. The molecule has 23 heavy (non-hydrogen) atoms. The maximum absolute atomic E-state index is 11.8. The van der Waals surface area contributed by atoms with Crippen LogP contribution in [0.2, 0.25) is 5.02 Å². The number of hydrogen-bond acceptors (Lipinski definition) is 4. The van der Waals surface area contributed by atoms with Crippen LogP contribution in [-0.4, -0.2) is 19.1 Å². The Balaban J connectivity index is 1.66. The molecular weight excluding hydrogens is 318 g/mol. The molecule has 1 aliphatic rings. The maximum Gasteiger partial charge on any atom is 0.244 e. The van der Waals surface area contributed by atoms with Gasteiger partial charge >= 0.3 is 0 Å². The lowest BCUT2D eigenvalue weighted by atomic mass is 10.2. The van der Waals surface area contributed by atoms with Crippen molar-refractivity contribution in [3.63, 3.8) is 0 Å². The van der Waals surface area contributed by atoms with Crippen molar-refractivity contribution in [3.05, 3.63) is 53.0 Å². The highest BCUT2D eigenvalue weighted by Gasteiger charge is 2.14. The van der Waals surface area contributed by atoms with Gasteiger partial charge in [0, 0.05) is 12.5 Å². The topological polar surface area (TPSA) is 60.7 Å². The Kier molecular flexibility index (Phi) is 4.88. The third-order valence-corrected chi connectivity index (χ3v) is 3.55. The van der Waals surface area contributed by atoms with Gasteiger partial charge in [0.15, 0.2) is 11.5 Å². The van der Waals surface area contributed by atoms with Crippen LogP contribution in [0.4, 0.5) is 0 Å². The van der Waals surface area contributed by atoms with Crippen molar-refractivity contribution in [1.29, 1.82) is 0 Å². The fraction of sp³-hybridized carbons (Fsp3) is 0.235. The summed E-state index contributed by atoms with van der Waals surface area (Å²) in [7, 11) is 0. The summed E-state index contributed by atoms with van der Waals surface area (Å²) in [5.74, 6) is 1.64. The lowest BCUT2D eigenvalue weighted by molar-refractivity contribution is -0.116. The molecule has 0 unspecified atom stereocenters. The van der Waals surface area contributed by atoms with E-state index in [4.69, 9.17) is 25.5 Å². The molecule has 0 radical (unpaired) electrons. The van der Waals surface area contributed by atoms with Crippen LogP contribution in [-0.2, 0) is 11.3 Å². The molecule has 120 valence electrons. The van der Waals surface area contributed by atoms with E-state index in [9.17, 15) is 4.79 Å². The van der Waals surface area contributed by atoms with Gasteiger partial charge in [0.05, 0.1) is 31.0 Å². The van der Waals surface area contributed by atoms with Crippen LogP contribution in [0.15, 0.2) is 41.0 Å². The van der Waals surface area contributed by atoms with E-state index in [2.05, 4.69) is 5.32 Å². The van der Waals surface area contributed by atoms with E-state index >= 15 is 0 Å². The third-order valence-electron chi connectivity index (χ3n) is 3.27. The van der Waals surface area contributed by atoms with Crippen LogP contribution in [0.5, 0.6) is 11.5 Å². The fourth-order valence-electron chi connectivity index (χ4n) is 2.17. The molecule has 1 amide bonds. The summed E-state index contributed by atoms with van der Waals surface area (Å²) in [5, 5.41) is 3.21. The molecule has 0 saturated carbocycles. The van der Waals surface area contributed by atoms with Gasteiger partial charge in [-0.25, -0.2) is 0 Å². The van der Waals surface area contributed by atoms with E-state index in [1.807, 2.05) is 6.07 Å². The van der Waals surface area contributed by atoms with E-state index in [0.29, 0.717) is 42.0 Å². The average molecular weight is 334 g/mol. The van der Waals surface area contributed by atoms with Crippen LogP contribution in [0.1, 0.15) is 17.7 Å². The van der Waals surface area contributed by atoms with Gasteiger partial charge in [-0.3, -0.25) is 4.79 Å².